The fourth-order valence-corrected chi connectivity index (χ4v) is 4.64. The summed E-state index contributed by atoms with van der Waals surface area (Å²) in [4.78, 5) is 35.4. The Bertz CT molecular complexity index is 757. The van der Waals surface area contributed by atoms with E-state index in [9.17, 15) is 9.59 Å². The van der Waals surface area contributed by atoms with E-state index in [0.717, 1.165) is 68.7 Å². The van der Waals surface area contributed by atoms with E-state index in [4.69, 9.17) is 4.98 Å². The summed E-state index contributed by atoms with van der Waals surface area (Å²) in [5.74, 6) is 1.34. The van der Waals surface area contributed by atoms with Crippen molar-refractivity contribution in [2.24, 2.45) is 5.92 Å². The maximum atomic E-state index is 12.8. The molecule has 1 N–H and O–H groups in total. The lowest BCUT2D eigenvalue weighted by Crippen LogP contribution is -2.50. The molecule has 2 heterocycles. The number of H-pyrrole nitrogens is 1. The Hall–Kier alpha value is -1.65. The zero-order valence-corrected chi connectivity index (χ0v) is 15.7. The predicted molar refractivity (Wildman–Crippen MR) is 96.7 cm³/mol. The zero-order chi connectivity index (χ0) is 17.8. The smallest absolute Gasteiger partial charge is 0.254 e. The molecule has 0 radical (unpaired) electrons. The van der Waals surface area contributed by atoms with Crippen LogP contribution in [0.15, 0.2) is 4.79 Å². The quantitative estimate of drug-likeness (QED) is 0.852. The second-order valence-corrected chi connectivity index (χ2v) is 9.26. The Kier molecular flexibility index (Phi) is 3.82. The number of aromatic amines is 1. The number of carbonyl (C=O) groups is 1. The van der Waals surface area contributed by atoms with Crippen LogP contribution in [0.1, 0.15) is 76.4 Å². The molecule has 3 aliphatic rings. The molecule has 1 spiro atoms. The number of aromatic nitrogens is 2. The fourth-order valence-electron chi connectivity index (χ4n) is 4.64. The van der Waals surface area contributed by atoms with E-state index in [0.29, 0.717) is 5.91 Å². The van der Waals surface area contributed by atoms with E-state index in [1.54, 1.807) is 0 Å². The number of rotatable bonds is 1. The summed E-state index contributed by atoms with van der Waals surface area (Å²) in [6.07, 6.45) is 7.06. The number of piperidine rings is 1. The lowest BCUT2D eigenvalue weighted by atomic mass is 9.76. The first-order chi connectivity index (χ1) is 11.8. The molecule has 0 bridgehead atoms. The lowest BCUT2D eigenvalue weighted by molar-refractivity contribution is -0.140. The molecule has 1 aliphatic heterocycles. The minimum absolute atomic E-state index is 0.0224. The molecule has 1 aromatic heterocycles. The fraction of sp³-hybridized carbons (Fsp3) is 0.750. The Morgan fingerprint density at radius 1 is 1.24 bits per heavy atom. The second kappa shape index (κ2) is 5.68. The predicted octanol–water partition coefficient (Wildman–Crippen LogP) is 2.67. The van der Waals surface area contributed by atoms with E-state index in [2.05, 4.69) is 30.7 Å². The van der Waals surface area contributed by atoms with Gasteiger partial charge in [0.15, 0.2) is 0 Å². The van der Waals surface area contributed by atoms with E-state index in [-0.39, 0.29) is 22.3 Å². The van der Waals surface area contributed by atoms with Crippen molar-refractivity contribution in [1.29, 1.82) is 0 Å². The van der Waals surface area contributed by atoms with E-state index in [1.165, 1.54) is 6.42 Å². The molecule has 1 unspecified atom stereocenters. The van der Waals surface area contributed by atoms with Gasteiger partial charge in [0.2, 0.25) is 5.91 Å². The van der Waals surface area contributed by atoms with Gasteiger partial charge in [-0.2, -0.15) is 0 Å². The number of nitrogens with zero attached hydrogens (tertiary/aromatic N) is 2. The molecular weight excluding hydrogens is 314 g/mol. The van der Waals surface area contributed by atoms with E-state index < -0.39 is 0 Å². The molecule has 2 fully saturated rings. The van der Waals surface area contributed by atoms with Gasteiger partial charge in [0.05, 0.1) is 5.69 Å². The second-order valence-electron chi connectivity index (χ2n) is 9.26. The summed E-state index contributed by atoms with van der Waals surface area (Å²) in [7, 11) is 0. The summed E-state index contributed by atoms with van der Waals surface area (Å²) in [5.41, 5.74) is 1.56. The average Bonchev–Trinajstić information content (AvgIpc) is 2.84. The highest BCUT2D eigenvalue weighted by Crippen LogP contribution is 2.44. The molecule has 1 aromatic rings. The van der Waals surface area contributed by atoms with Crippen molar-refractivity contribution >= 4 is 5.91 Å². The molecule has 5 nitrogen and oxygen atoms in total. The summed E-state index contributed by atoms with van der Waals surface area (Å²) in [6.45, 7) is 7.84. The third-order valence-corrected chi connectivity index (χ3v) is 6.42. The maximum absolute atomic E-state index is 12.8. The number of fused-ring (bicyclic) bond motifs is 2. The molecular formula is C20H29N3O2. The molecule has 5 heteroatoms. The average molecular weight is 343 g/mol. The number of hydrogen-bond acceptors (Lipinski definition) is 3. The van der Waals surface area contributed by atoms with Crippen molar-refractivity contribution in [2.45, 2.75) is 76.5 Å². The van der Waals surface area contributed by atoms with Crippen molar-refractivity contribution in [3.8, 4) is 0 Å². The lowest BCUT2D eigenvalue weighted by Gasteiger charge is -2.43. The van der Waals surface area contributed by atoms with Crippen LogP contribution in [-0.4, -0.2) is 33.9 Å². The first kappa shape index (κ1) is 16.8. The van der Waals surface area contributed by atoms with Crippen molar-refractivity contribution in [3.63, 3.8) is 0 Å². The van der Waals surface area contributed by atoms with Crippen LogP contribution in [0.3, 0.4) is 0 Å². The molecule has 25 heavy (non-hydrogen) atoms. The van der Waals surface area contributed by atoms with Crippen LogP contribution in [0, 0.1) is 5.92 Å². The van der Waals surface area contributed by atoms with Crippen molar-refractivity contribution in [2.75, 3.05) is 13.1 Å². The van der Waals surface area contributed by atoms with Crippen LogP contribution in [0.4, 0.5) is 0 Å². The summed E-state index contributed by atoms with van der Waals surface area (Å²) in [6, 6.07) is 0. The van der Waals surface area contributed by atoms with Gasteiger partial charge in [-0.1, -0.05) is 27.2 Å². The number of hydrogen-bond donors (Lipinski definition) is 1. The summed E-state index contributed by atoms with van der Waals surface area (Å²) in [5, 5.41) is 0. The van der Waals surface area contributed by atoms with Crippen molar-refractivity contribution < 1.29 is 4.79 Å². The van der Waals surface area contributed by atoms with Gasteiger partial charge in [-0.05, 0) is 38.5 Å². The SMILES string of the molecule is CC(C)(C)c1nc2c(c(=O)[nH]1)CCC21CCCN(C(=O)C2CCC2)C1. The number of nitrogens with one attached hydrogen (secondary N) is 1. The van der Waals surface area contributed by atoms with Gasteiger partial charge in [0, 0.05) is 35.4 Å². The molecule has 1 saturated carbocycles. The Morgan fingerprint density at radius 2 is 2.00 bits per heavy atom. The van der Waals surface area contributed by atoms with Crippen LogP contribution in [0.5, 0.6) is 0 Å². The molecule has 0 aromatic carbocycles. The number of carbonyl (C=O) groups excluding carboxylic acids is 1. The molecule has 136 valence electrons. The van der Waals surface area contributed by atoms with Crippen LogP contribution in [0.2, 0.25) is 0 Å². The van der Waals surface area contributed by atoms with Gasteiger partial charge in [-0.25, -0.2) is 4.98 Å². The van der Waals surface area contributed by atoms with Gasteiger partial charge in [-0.15, -0.1) is 0 Å². The van der Waals surface area contributed by atoms with Crippen molar-refractivity contribution in [1.82, 2.24) is 14.9 Å². The largest absolute Gasteiger partial charge is 0.342 e. The van der Waals surface area contributed by atoms with Crippen LogP contribution in [-0.2, 0) is 22.0 Å². The minimum atomic E-state index is -0.186. The molecule has 2 aliphatic carbocycles. The van der Waals surface area contributed by atoms with Crippen molar-refractivity contribution in [3.05, 3.63) is 27.4 Å². The maximum Gasteiger partial charge on any atom is 0.254 e. The Labute approximate surface area is 149 Å². The highest BCUT2D eigenvalue weighted by atomic mass is 16.2. The van der Waals surface area contributed by atoms with Crippen LogP contribution >= 0.6 is 0 Å². The normalized spacial score (nSPS) is 26.6. The Balaban J connectivity index is 1.69. The highest BCUT2D eigenvalue weighted by molar-refractivity contribution is 5.80. The molecule has 1 amide bonds. The van der Waals surface area contributed by atoms with Gasteiger partial charge in [-0.3, -0.25) is 9.59 Å². The van der Waals surface area contributed by atoms with E-state index >= 15 is 0 Å². The van der Waals surface area contributed by atoms with Crippen LogP contribution < -0.4 is 5.56 Å². The number of likely N-dealkylation sites (tertiary alicyclic amines) is 1. The van der Waals surface area contributed by atoms with E-state index in [1.807, 2.05) is 0 Å². The summed E-state index contributed by atoms with van der Waals surface area (Å²) >= 11 is 0. The topological polar surface area (TPSA) is 66.1 Å². The third-order valence-electron chi connectivity index (χ3n) is 6.42. The Morgan fingerprint density at radius 3 is 2.64 bits per heavy atom. The van der Waals surface area contributed by atoms with Gasteiger partial charge in [0.1, 0.15) is 5.82 Å². The molecule has 4 rings (SSSR count). The molecule has 1 saturated heterocycles. The highest BCUT2D eigenvalue weighted by Gasteiger charge is 2.46. The van der Waals surface area contributed by atoms with Gasteiger partial charge >= 0.3 is 0 Å². The summed E-state index contributed by atoms with van der Waals surface area (Å²) < 4.78 is 0. The third kappa shape index (κ3) is 2.72. The monoisotopic (exact) mass is 343 g/mol. The van der Waals surface area contributed by atoms with Gasteiger partial charge < -0.3 is 9.88 Å². The first-order valence-corrected chi connectivity index (χ1v) is 9.73. The zero-order valence-electron chi connectivity index (χ0n) is 15.7. The van der Waals surface area contributed by atoms with Crippen LogP contribution in [0.25, 0.3) is 0 Å². The number of amides is 1. The first-order valence-electron chi connectivity index (χ1n) is 9.73. The minimum Gasteiger partial charge on any atom is -0.342 e. The molecule has 1 atom stereocenters. The standard InChI is InChI=1S/C20H29N3O2/c1-19(2,3)18-21-15-14(16(24)22-18)8-10-20(15)9-5-11-23(12-20)17(25)13-6-4-7-13/h13H,4-12H2,1-3H3,(H,21,22,24). The van der Waals surface area contributed by atoms with Gasteiger partial charge in [0.25, 0.3) is 5.56 Å².